The lowest BCUT2D eigenvalue weighted by molar-refractivity contribution is -0.127. The van der Waals surface area contributed by atoms with Crippen molar-refractivity contribution in [3.63, 3.8) is 0 Å². The minimum atomic E-state index is -0.726. The first-order valence-corrected chi connectivity index (χ1v) is 12.4. The molecule has 2 aromatic rings. The fraction of sp³-hybridized carbons (Fsp3) is 0.538. The van der Waals surface area contributed by atoms with Crippen molar-refractivity contribution >= 4 is 40.0 Å². The molecule has 0 spiro atoms. The second-order valence-electron chi connectivity index (χ2n) is 9.59. The molecule has 2 aliphatic carbocycles. The number of aromatic nitrogens is 1. The molecule has 180 valence electrons. The van der Waals surface area contributed by atoms with E-state index in [2.05, 4.69) is 16.4 Å². The van der Waals surface area contributed by atoms with Crippen molar-refractivity contribution in [2.75, 3.05) is 7.11 Å². The van der Waals surface area contributed by atoms with Gasteiger partial charge in [-0.1, -0.05) is 30.9 Å². The van der Waals surface area contributed by atoms with Gasteiger partial charge < -0.3 is 15.0 Å². The number of methoxy groups -OCH3 is 1. The number of ketones is 2. The Hall–Kier alpha value is -2.85. The Balaban J connectivity index is 1.45. The standard InChI is InChI=1S/C26H30ClN3O4/c1-34-25-12-18(27)11-21-20(25)13-22(30-21)24(32)10-17(8-15-6-7-15)26(33)29-19(14-28)9-16-4-2-3-5-23(16)31/h11-13,15-17,19,30H,2-10H2,1H3,(H,29,33)/t16-,17+,19-/m0/s1. The average molecular weight is 484 g/mol. The first-order chi connectivity index (χ1) is 16.4. The van der Waals surface area contributed by atoms with Gasteiger partial charge in [0.1, 0.15) is 17.6 Å². The smallest absolute Gasteiger partial charge is 0.224 e. The largest absolute Gasteiger partial charge is 0.496 e. The Morgan fingerprint density at radius 3 is 2.71 bits per heavy atom. The number of ether oxygens (including phenoxy) is 1. The molecule has 1 heterocycles. The molecule has 0 saturated heterocycles. The zero-order valence-corrected chi connectivity index (χ0v) is 20.1. The quantitative estimate of drug-likeness (QED) is 0.463. The summed E-state index contributed by atoms with van der Waals surface area (Å²) < 4.78 is 5.37. The van der Waals surface area contributed by atoms with Crippen LogP contribution in [-0.4, -0.2) is 35.6 Å². The SMILES string of the molecule is COc1cc(Cl)cc2[nH]c(C(=O)C[C@@H](CC3CC3)C(=O)N[C@H](C#N)C[C@@H]3CCCCC3=O)cc12. The van der Waals surface area contributed by atoms with Crippen molar-refractivity contribution in [2.24, 2.45) is 17.8 Å². The van der Waals surface area contributed by atoms with Crippen molar-refractivity contribution in [3.05, 3.63) is 28.9 Å². The number of H-pyrrole nitrogens is 1. The number of nitrogens with one attached hydrogen (secondary N) is 2. The predicted molar refractivity (Wildman–Crippen MR) is 129 cm³/mol. The van der Waals surface area contributed by atoms with Gasteiger partial charge in [-0.05, 0) is 49.8 Å². The lowest BCUT2D eigenvalue weighted by Crippen LogP contribution is -2.41. The third-order valence-electron chi connectivity index (χ3n) is 6.98. The first-order valence-electron chi connectivity index (χ1n) is 12.0. The molecule has 1 aromatic heterocycles. The van der Waals surface area contributed by atoms with Gasteiger partial charge in [0, 0.05) is 35.1 Å². The highest BCUT2D eigenvalue weighted by Gasteiger charge is 2.33. The van der Waals surface area contributed by atoms with Gasteiger partial charge in [-0.2, -0.15) is 5.26 Å². The zero-order chi connectivity index (χ0) is 24.2. The van der Waals surface area contributed by atoms with Gasteiger partial charge in [0.25, 0.3) is 0 Å². The Bertz CT molecular complexity index is 1130. The number of fused-ring (bicyclic) bond motifs is 1. The number of benzene rings is 1. The molecule has 1 amide bonds. The van der Waals surface area contributed by atoms with E-state index < -0.39 is 12.0 Å². The van der Waals surface area contributed by atoms with Crippen molar-refractivity contribution in [1.29, 1.82) is 5.26 Å². The van der Waals surface area contributed by atoms with E-state index in [4.69, 9.17) is 16.3 Å². The molecule has 1 aromatic carbocycles. The molecule has 0 unspecified atom stereocenters. The van der Waals surface area contributed by atoms with Crippen LogP contribution in [0.2, 0.25) is 5.02 Å². The molecule has 2 fully saturated rings. The van der Waals surface area contributed by atoms with Gasteiger partial charge in [-0.15, -0.1) is 0 Å². The second-order valence-corrected chi connectivity index (χ2v) is 10.0. The fourth-order valence-corrected chi connectivity index (χ4v) is 5.09. The van der Waals surface area contributed by atoms with E-state index in [-0.39, 0.29) is 29.8 Å². The fourth-order valence-electron chi connectivity index (χ4n) is 4.89. The molecule has 34 heavy (non-hydrogen) atoms. The van der Waals surface area contributed by atoms with Crippen LogP contribution in [0.5, 0.6) is 5.75 Å². The second kappa shape index (κ2) is 10.6. The number of nitriles is 1. The lowest BCUT2D eigenvalue weighted by Gasteiger charge is -2.24. The summed E-state index contributed by atoms with van der Waals surface area (Å²) in [6.45, 7) is 0. The molecule has 8 heteroatoms. The van der Waals surface area contributed by atoms with Gasteiger partial charge in [-0.25, -0.2) is 0 Å². The molecule has 2 aliphatic rings. The van der Waals surface area contributed by atoms with Crippen LogP contribution >= 0.6 is 11.6 Å². The maximum absolute atomic E-state index is 13.1. The van der Waals surface area contributed by atoms with Crippen LogP contribution < -0.4 is 10.1 Å². The number of rotatable bonds is 10. The molecule has 3 atom stereocenters. The van der Waals surface area contributed by atoms with Gasteiger partial charge in [-0.3, -0.25) is 14.4 Å². The summed E-state index contributed by atoms with van der Waals surface area (Å²) >= 11 is 6.14. The highest BCUT2D eigenvalue weighted by molar-refractivity contribution is 6.31. The van der Waals surface area contributed by atoms with Crippen LogP contribution in [0.3, 0.4) is 0 Å². The number of hydrogen-bond donors (Lipinski definition) is 2. The van der Waals surface area contributed by atoms with Crippen LogP contribution in [-0.2, 0) is 9.59 Å². The van der Waals surface area contributed by atoms with Crippen LogP contribution in [0.1, 0.15) is 68.3 Å². The summed E-state index contributed by atoms with van der Waals surface area (Å²) in [5.41, 5.74) is 1.09. The van der Waals surface area contributed by atoms with Gasteiger partial charge in [0.05, 0.1) is 24.4 Å². The molecule has 0 aliphatic heterocycles. The Labute approximate surface area is 204 Å². The van der Waals surface area contributed by atoms with Crippen LogP contribution in [0.4, 0.5) is 0 Å². The number of hydrogen-bond acceptors (Lipinski definition) is 5. The molecular formula is C26H30ClN3O4. The van der Waals surface area contributed by atoms with E-state index in [1.807, 2.05) is 0 Å². The number of amides is 1. The summed E-state index contributed by atoms with van der Waals surface area (Å²) in [6, 6.07) is 6.57. The van der Waals surface area contributed by atoms with Crippen LogP contribution in [0.15, 0.2) is 18.2 Å². The molecule has 4 rings (SSSR count). The van der Waals surface area contributed by atoms with E-state index in [0.29, 0.717) is 47.2 Å². The minimum absolute atomic E-state index is 0.0473. The van der Waals surface area contributed by atoms with Crippen LogP contribution in [0.25, 0.3) is 10.9 Å². The number of aromatic amines is 1. The monoisotopic (exact) mass is 483 g/mol. The summed E-state index contributed by atoms with van der Waals surface area (Å²) in [7, 11) is 1.54. The van der Waals surface area contributed by atoms with E-state index in [9.17, 15) is 19.6 Å². The lowest BCUT2D eigenvalue weighted by atomic mass is 9.83. The third kappa shape index (κ3) is 5.79. The normalized spacial score (nSPS) is 19.9. The summed E-state index contributed by atoms with van der Waals surface area (Å²) in [6.07, 6.45) is 6.31. The first kappa shape index (κ1) is 24.3. The van der Waals surface area contributed by atoms with E-state index in [0.717, 1.165) is 37.5 Å². The maximum atomic E-state index is 13.1. The number of nitrogens with zero attached hydrogens (tertiary/aromatic N) is 1. The maximum Gasteiger partial charge on any atom is 0.224 e. The highest BCUT2D eigenvalue weighted by atomic mass is 35.5. The molecule has 0 bridgehead atoms. The van der Waals surface area contributed by atoms with E-state index in [1.165, 1.54) is 0 Å². The van der Waals surface area contributed by atoms with Crippen LogP contribution in [0, 0.1) is 29.1 Å². The average Bonchev–Trinajstić information content (AvgIpc) is 3.54. The molecule has 0 radical (unpaired) electrons. The van der Waals surface area contributed by atoms with Crippen molar-refractivity contribution in [1.82, 2.24) is 10.3 Å². The van der Waals surface area contributed by atoms with Gasteiger partial charge >= 0.3 is 0 Å². The Morgan fingerprint density at radius 2 is 2.03 bits per heavy atom. The summed E-state index contributed by atoms with van der Waals surface area (Å²) in [4.78, 5) is 41.5. The van der Waals surface area contributed by atoms with Gasteiger partial charge in [0.15, 0.2) is 5.78 Å². The predicted octanol–water partition coefficient (Wildman–Crippen LogP) is 4.98. The zero-order valence-electron chi connectivity index (χ0n) is 19.4. The summed E-state index contributed by atoms with van der Waals surface area (Å²) in [5, 5.41) is 13.7. The molecular weight excluding hydrogens is 454 g/mol. The number of Topliss-reactive ketones (excluding diaryl/α,β-unsaturated/α-hetero) is 2. The van der Waals surface area contributed by atoms with E-state index >= 15 is 0 Å². The number of carbonyl (C=O) groups is 3. The number of halogens is 1. The van der Waals surface area contributed by atoms with Crippen molar-refractivity contribution in [3.8, 4) is 11.8 Å². The highest BCUT2D eigenvalue weighted by Crippen LogP contribution is 2.37. The number of carbonyl (C=O) groups excluding carboxylic acids is 3. The minimum Gasteiger partial charge on any atom is -0.496 e. The Kier molecular flexibility index (Phi) is 7.57. The van der Waals surface area contributed by atoms with Gasteiger partial charge in [0.2, 0.25) is 5.91 Å². The Morgan fingerprint density at radius 1 is 1.24 bits per heavy atom. The molecule has 2 saturated carbocycles. The van der Waals surface area contributed by atoms with Crippen molar-refractivity contribution < 1.29 is 19.1 Å². The summed E-state index contributed by atoms with van der Waals surface area (Å²) in [5.74, 6) is 0.0349. The third-order valence-corrected chi connectivity index (χ3v) is 7.19. The topological polar surface area (TPSA) is 112 Å². The van der Waals surface area contributed by atoms with E-state index in [1.54, 1.807) is 25.3 Å². The molecule has 2 N–H and O–H groups in total. The molecule has 7 nitrogen and oxygen atoms in total. The van der Waals surface area contributed by atoms with Crippen molar-refractivity contribution in [2.45, 2.75) is 63.8 Å².